The Morgan fingerprint density at radius 3 is 1.47 bits per heavy atom. The molecule has 0 saturated heterocycles. The molecule has 2 nitrogen and oxygen atoms in total. The van der Waals surface area contributed by atoms with Gasteiger partial charge in [-0.05, 0) is 111 Å². The summed E-state index contributed by atoms with van der Waals surface area (Å²) in [5.74, 6) is 0. The van der Waals surface area contributed by atoms with Crippen LogP contribution in [-0.2, 0) is 5.41 Å². The predicted molar refractivity (Wildman–Crippen MR) is 221 cm³/mol. The van der Waals surface area contributed by atoms with Crippen molar-refractivity contribution in [3.05, 3.63) is 241 Å². The Morgan fingerprint density at radius 2 is 0.868 bits per heavy atom. The fraction of sp³-hybridized carbons (Fsp3) is 0.0196. The topological polar surface area (TPSA) is 8.17 Å². The smallest absolute Gasteiger partial charge is 0.0713 e. The van der Waals surface area contributed by atoms with Crippen LogP contribution in [0, 0.1) is 0 Å². The number of hydrogen-bond donors (Lipinski definition) is 0. The van der Waals surface area contributed by atoms with Crippen LogP contribution >= 0.6 is 0 Å². The zero-order chi connectivity index (χ0) is 35.2. The molecule has 10 rings (SSSR count). The second kappa shape index (κ2) is 12.7. The summed E-state index contributed by atoms with van der Waals surface area (Å²) in [7, 11) is 0. The van der Waals surface area contributed by atoms with Crippen molar-refractivity contribution in [3.8, 4) is 27.9 Å². The summed E-state index contributed by atoms with van der Waals surface area (Å²) in [5, 5.41) is 1.21. The maximum atomic E-state index is 2.34. The van der Waals surface area contributed by atoms with Gasteiger partial charge in [-0.3, -0.25) is 0 Å². The normalized spacial score (nSPS) is 12.7. The van der Waals surface area contributed by atoms with E-state index in [9.17, 15) is 0 Å². The molecule has 1 aliphatic rings. The molecule has 0 unspecified atom stereocenters. The Balaban J connectivity index is 0.991. The van der Waals surface area contributed by atoms with Crippen LogP contribution in [0.1, 0.15) is 22.3 Å². The maximum Gasteiger partial charge on any atom is 0.0713 e. The van der Waals surface area contributed by atoms with Crippen LogP contribution < -0.4 is 4.90 Å². The molecule has 2 heteroatoms. The molecule has 1 heterocycles. The number of benzene rings is 8. The molecule has 0 atom stereocenters. The van der Waals surface area contributed by atoms with Crippen molar-refractivity contribution in [2.45, 2.75) is 5.41 Å². The molecule has 0 aliphatic heterocycles. The molecule has 1 aliphatic carbocycles. The molecule has 0 radical (unpaired) electrons. The summed E-state index contributed by atoms with van der Waals surface area (Å²) in [6.45, 7) is 0. The Labute approximate surface area is 310 Å². The van der Waals surface area contributed by atoms with Gasteiger partial charge in [-0.1, -0.05) is 146 Å². The third-order valence-electron chi connectivity index (χ3n) is 10.9. The lowest BCUT2D eigenvalue weighted by Crippen LogP contribution is -2.28. The van der Waals surface area contributed by atoms with Gasteiger partial charge in [0.15, 0.2) is 0 Å². The number of rotatable bonds is 7. The van der Waals surface area contributed by atoms with Crippen molar-refractivity contribution in [2.24, 2.45) is 0 Å². The van der Waals surface area contributed by atoms with Crippen molar-refractivity contribution in [1.29, 1.82) is 0 Å². The Morgan fingerprint density at radius 1 is 0.377 bits per heavy atom. The maximum absolute atomic E-state index is 2.34. The zero-order valence-electron chi connectivity index (χ0n) is 29.2. The first-order chi connectivity index (χ1) is 26.3. The first kappa shape index (κ1) is 30.9. The summed E-state index contributed by atoms with van der Waals surface area (Å²) >= 11 is 0. The number of hydrogen-bond acceptors (Lipinski definition) is 1. The lowest BCUT2D eigenvalue weighted by atomic mass is 9.67. The molecule has 0 spiro atoms. The van der Waals surface area contributed by atoms with Crippen LogP contribution in [0.15, 0.2) is 219 Å². The summed E-state index contributed by atoms with van der Waals surface area (Å²) in [6.07, 6.45) is 2.18. The molecule has 53 heavy (non-hydrogen) atoms. The largest absolute Gasteiger partial charge is 0.317 e. The number of anilines is 3. The van der Waals surface area contributed by atoms with Crippen LogP contribution in [0.4, 0.5) is 17.1 Å². The Kier molecular flexibility index (Phi) is 7.40. The number of aromatic nitrogens is 1. The van der Waals surface area contributed by atoms with E-state index in [1.807, 2.05) is 0 Å². The van der Waals surface area contributed by atoms with Gasteiger partial charge < -0.3 is 9.47 Å². The van der Waals surface area contributed by atoms with E-state index in [0.29, 0.717) is 0 Å². The fourth-order valence-electron chi connectivity index (χ4n) is 8.54. The highest BCUT2D eigenvalue weighted by atomic mass is 15.1. The van der Waals surface area contributed by atoms with Crippen LogP contribution in [-0.4, -0.2) is 4.57 Å². The zero-order valence-corrected chi connectivity index (χ0v) is 29.2. The monoisotopic (exact) mass is 676 g/mol. The van der Waals surface area contributed by atoms with Gasteiger partial charge in [-0.15, -0.1) is 0 Å². The van der Waals surface area contributed by atoms with Gasteiger partial charge in [0.25, 0.3) is 0 Å². The van der Waals surface area contributed by atoms with Crippen molar-refractivity contribution in [1.82, 2.24) is 4.57 Å². The van der Waals surface area contributed by atoms with Crippen LogP contribution in [0.3, 0.4) is 0 Å². The van der Waals surface area contributed by atoms with E-state index in [1.165, 1.54) is 55.4 Å². The van der Waals surface area contributed by atoms with Gasteiger partial charge >= 0.3 is 0 Å². The first-order valence-corrected chi connectivity index (χ1v) is 18.3. The molecule has 250 valence electrons. The summed E-state index contributed by atoms with van der Waals surface area (Å²) in [6, 6.07) is 77.0. The van der Waals surface area contributed by atoms with Gasteiger partial charge in [0.1, 0.15) is 0 Å². The van der Waals surface area contributed by atoms with E-state index in [2.05, 4.69) is 228 Å². The van der Waals surface area contributed by atoms with E-state index in [4.69, 9.17) is 0 Å². The van der Waals surface area contributed by atoms with Crippen LogP contribution in [0.25, 0.3) is 38.8 Å². The van der Waals surface area contributed by atoms with Gasteiger partial charge in [0.05, 0.1) is 10.9 Å². The van der Waals surface area contributed by atoms with Crippen molar-refractivity contribution in [2.75, 3.05) is 4.90 Å². The Bertz CT molecular complexity index is 2610. The molecular formula is C51H36N2. The third kappa shape index (κ3) is 5.03. The highest BCUT2D eigenvalue weighted by Gasteiger charge is 2.45. The second-order valence-corrected chi connectivity index (χ2v) is 13.8. The second-order valence-electron chi connectivity index (χ2n) is 13.8. The average Bonchev–Trinajstić information content (AvgIpc) is 3.80. The first-order valence-electron chi connectivity index (χ1n) is 18.3. The average molecular weight is 677 g/mol. The summed E-state index contributed by atoms with van der Waals surface area (Å²) < 4.78 is 2.28. The fourth-order valence-corrected chi connectivity index (χ4v) is 8.54. The van der Waals surface area contributed by atoms with Gasteiger partial charge in [-0.2, -0.15) is 0 Å². The van der Waals surface area contributed by atoms with Gasteiger partial charge in [0.2, 0.25) is 0 Å². The molecular weight excluding hydrogens is 641 g/mol. The van der Waals surface area contributed by atoms with Crippen LogP contribution in [0.2, 0.25) is 0 Å². The van der Waals surface area contributed by atoms with Crippen molar-refractivity contribution < 1.29 is 0 Å². The molecule has 0 saturated carbocycles. The van der Waals surface area contributed by atoms with E-state index < -0.39 is 0 Å². The molecule has 0 bridgehead atoms. The molecule has 1 aromatic heterocycles. The summed E-state index contributed by atoms with van der Waals surface area (Å²) in [4.78, 5) is 2.29. The van der Waals surface area contributed by atoms with E-state index in [0.717, 1.165) is 22.7 Å². The lowest BCUT2D eigenvalue weighted by molar-refractivity contribution is 0.768. The number of fused-ring (bicyclic) bond motifs is 4. The van der Waals surface area contributed by atoms with Gasteiger partial charge in [-0.25, -0.2) is 0 Å². The molecule has 9 aromatic rings. The minimum Gasteiger partial charge on any atom is -0.317 e. The standard InChI is InChI=1S/C51H36N2/c1-4-14-40(15-5-1)51(48-22-12-10-20-46(48)47-21-11-13-23-49(47)51)41-27-24-37(25-28-41)38-26-33-50-39(36-38)34-35-52(50)42-29-31-45(32-30-42)53(43-16-6-2-7-17-43)44-18-8-3-9-19-44/h1-36H. The van der Waals surface area contributed by atoms with E-state index >= 15 is 0 Å². The predicted octanol–water partition coefficient (Wildman–Crippen LogP) is 13.1. The van der Waals surface area contributed by atoms with E-state index in [1.54, 1.807) is 0 Å². The van der Waals surface area contributed by atoms with Crippen LogP contribution in [0.5, 0.6) is 0 Å². The SMILES string of the molecule is c1ccc(N(c2ccccc2)c2ccc(-n3ccc4cc(-c5ccc(C6(c7ccccc7)c7ccccc7-c7ccccc76)cc5)ccc43)cc2)cc1. The molecule has 0 fully saturated rings. The van der Waals surface area contributed by atoms with Crippen molar-refractivity contribution >= 4 is 28.0 Å². The minimum atomic E-state index is -0.386. The van der Waals surface area contributed by atoms with Gasteiger partial charge in [0, 0.05) is 34.3 Å². The van der Waals surface area contributed by atoms with Crippen molar-refractivity contribution in [3.63, 3.8) is 0 Å². The summed E-state index contributed by atoms with van der Waals surface area (Å²) in [5.41, 5.74) is 15.6. The molecule has 0 amide bonds. The third-order valence-corrected chi connectivity index (χ3v) is 10.9. The quantitative estimate of drug-likeness (QED) is 0.163. The lowest BCUT2D eigenvalue weighted by Gasteiger charge is -2.34. The highest BCUT2D eigenvalue weighted by molar-refractivity contribution is 5.89. The Hall–Kier alpha value is -6.90. The number of nitrogens with zero attached hydrogens (tertiary/aromatic N) is 2. The molecule has 0 N–H and O–H groups in total. The minimum absolute atomic E-state index is 0.386. The number of para-hydroxylation sites is 2. The highest BCUT2D eigenvalue weighted by Crippen LogP contribution is 2.56. The molecule has 8 aromatic carbocycles. The van der Waals surface area contributed by atoms with E-state index in [-0.39, 0.29) is 5.41 Å².